The highest BCUT2D eigenvalue weighted by molar-refractivity contribution is 8.03. The maximum absolute atomic E-state index is 10.7. The second-order valence-electron chi connectivity index (χ2n) is 4.35. The summed E-state index contributed by atoms with van der Waals surface area (Å²) in [5, 5.41) is 0. The topological polar surface area (TPSA) is 17.1 Å². The van der Waals surface area contributed by atoms with Gasteiger partial charge in [-0.05, 0) is 36.0 Å². The van der Waals surface area contributed by atoms with Gasteiger partial charge >= 0.3 is 0 Å². The maximum Gasteiger partial charge on any atom is 0.143 e. The van der Waals surface area contributed by atoms with E-state index in [1.165, 1.54) is 41.9 Å². The van der Waals surface area contributed by atoms with Crippen LogP contribution in [0.5, 0.6) is 0 Å². The molecular weight excluding hydrogens is 240 g/mol. The van der Waals surface area contributed by atoms with Crippen molar-refractivity contribution in [3.63, 3.8) is 0 Å². The smallest absolute Gasteiger partial charge is 0.143 e. The fourth-order valence-electron chi connectivity index (χ4n) is 1.79. The van der Waals surface area contributed by atoms with Crippen LogP contribution in [0.15, 0.2) is 46.2 Å². The van der Waals surface area contributed by atoms with Gasteiger partial charge in [-0.1, -0.05) is 62.6 Å². The second-order valence-corrected chi connectivity index (χ2v) is 5.55. The van der Waals surface area contributed by atoms with E-state index in [4.69, 9.17) is 0 Å². The van der Waals surface area contributed by atoms with Gasteiger partial charge in [-0.25, -0.2) is 0 Å². The van der Waals surface area contributed by atoms with Gasteiger partial charge in [0.05, 0.1) is 0 Å². The van der Waals surface area contributed by atoms with Crippen molar-refractivity contribution in [3.8, 4) is 0 Å². The molecule has 1 aromatic carbocycles. The Morgan fingerprint density at radius 3 is 2.50 bits per heavy atom. The molecule has 0 saturated heterocycles. The van der Waals surface area contributed by atoms with Crippen molar-refractivity contribution in [1.82, 2.24) is 0 Å². The first-order valence-corrected chi connectivity index (χ1v) is 7.55. The molecule has 0 saturated carbocycles. The van der Waals surface area contributed by atoms with E-state index >= 15 is 0 Å². The number of unbranched alkanes of at least 4 members (excludes halogenated alkanes) is 4. The van der Waals surface area contributed by atoms with Crippen LogP contribution in [0.2, 0.25) is 0 Å². The zero-order chi connectivity index (χ0) is 13.1. The van der Waals surface area contributed by atoms with E-state index in [2.05, 4.69) is 19.1 Å². The number of allylic oxidation sites excluding steroid dienone is 2. The predicted octanol–water partition coefficient (Wildman–Crippen LogP) is 5.22. The Hall–Kier alpha value is -1.02. The van der Waals surface area contributed by atoms with Crippen molar-refractivity contribution < 1.29 is 4.79 Å². The average Bonchev–Trinajstić information content (AvgIpc) is 2.40. The number of carbonyl (C=O) groups excluding carboxylic acids is 1. The number of hydrogen-bond acceptors (Lipinski definition) is 2. The molecule has 98 valence electrons. The summed E-state index contributed by atoms with van der Waals surface area (Å²) in [6.45, 7) is 2.23. The van der Waals surface area contributed by atoms with Crippen molar-refractivity contribution >= 4 is 18.0 Å². The van der Waals surface area contributed by atoms with E-state index in [0.29, 0.717) is 0 Å². The maximum atomic E-state index is 10.7. The van der Waals surface area contributed by atoms with E-state index in [0.717, 1.165) is 12.7 Å². The standard InChI is InChI=1S/C16H22OS/c1-2-3-4-5-7-12-16(13-14-17)18-15-10-8-6-9-11-15/h6,8-11,13-14H,2-5,7,12H2,1H3/b16-13+. The van der Waals surface area contributed by atoms with Crippen LogP contribution in [0.4, 0.5) is 0 Å². The highest BCUT2D eigenvalue weighted by Crippen LogP contribution is 2.29. The van der Waals surface area contributed by atoms with Gasteiger partial charge in [0.2, 0.25) is 0 Å². The summed E-state index contributed by atoms with van der Waals surface area (Å²) in [4.78, 5) is 13.0. The lowest BCUT2D eigenvalue weighted by atomic mass is 10.1. The Balaban J connectivity index is 2.36. The molecule has 0 spiro atoms. The lowest BCUT2D eigenvalue weighted by Gasteiger charge is -2.06. The monoisotopic (exact) mass is 262 g/mol. The van der Waals surface area contributed by atoms with E-state index in [1.54, 1.807) is 17.8 Å². The quantitative estimate of drug-likeness (QED) is 0.262. The molecule has 2 heteroatoms. The van der Waals surface area contributed by atoms with Crippen molar-refractivity contribution in [3.05, 3.63) is 41.3 Å². The van der Waals surface area contributed by atoms with E-state index in [1.807, 2.05) is 18.2 Å². The van der Waals surface area contributed by atoms with Crippen LogP contribution in [0, 0.1) is 0 Å². The molecule has 0 atom stereocenters. The van der Waals surface area contributed by atoms with Crippen LogP contribution in [0.1, 0.15) is 45.4 Å². The third-order valence-electron chi connectivity index (χ3n) is 2.77. The normalized spacial score (nSPS) is 11.5. The number of hydrogen-bond donors (Lipinski definition) is 0. The van der Waals surface area contributed by atoms with Gasteiger partial charge in [-0.15, -0.1) is 0 Å². The molecule has 0 amide bonds. The Morgan fingerprint density at radius 1 is 1.11 bits per heavy atom. The number of rotatable bonds is 9. The SMILES string of the molecule is CCCCCCC/C(=C\C=O)Sc1ccccc1. The molecular formula is C16H22OS. The van der Waals surface area contributed by atoms with E-state index in [-0.39, 0.29) is 0 Å². The zero-order valence-corrected chi connectivity index (χ0v) is 11.9. The minimum atomic E-state index is 0.900. The first-order valence-electron chi connectivity index (χ1n) is 6.74. The third kappa shape index (κ3) is 6.65. The average molecular weight is 262 g/mol. The molecule has 0 aliphatic rings. The Labute approximate surface area is 115 Å². The summed E-state index contributed by atoms with van der Waals surface area (Å²) in [7, 11) is 0. The molecule has 1 nitrogen and oxygen atoms in total. The van der Waals surface area contributed by atoms with Crippen LogP contribution in [-0.4, -0.2) is 6.29 Å². The number of thioether (sulfide) groups is 1. The summed E-state index contributed by atoms with van der Waals surface area (Å²) in [5.41, 5.74) is 0. The molecule has 0 bridgehead atoms. The minimum Gasteiger partial charge on any atom is -0.299 e. The summed E-state index contributed by atoms with van der Waals surface area (Å²) >= 11 is 1.71. The lowest BCUT2D eigenvalue weighted by molar-refractivity contribution is -0.104. The first-order chi connectivity index (χ1) is 8.86. The van der Waals surface area contributed by atoms with Gasteiger partial charge in [-0.2, -0.15) is 0 Å². The molecule has 0 radical (unpaired) electrons. The summed E-state index contributed by atoms with van der Waals surface area (Å²) in [6, 6.07) is 10.2. The van der Waals surface area contributed by atoms with Crippen LogP contribution < -0.4 is 0 Å². The first kappa shape index (κ1) is 15.0. The second kappa shape index (κ2) is 9.95. The Bertz CT molecular complexity index is 357. The molecule has 1 rings (SSSR count). The molecule has 18 heavy (non-hydrogen) atoms. The predicted molar refractivity (Wildman–Crippen MR) is 79.8 cm³/mol. The van der Waals surface area contributed by atoms with Crippen molar-refractivity contribution in [2.24, 2.45) is 0 Å². The largest absolute Gasteiger partial charge is 0.299 e. The van der Waals surface area contributed by atoms with Gasteiger partial charge in [0.1, 0.15) is 6.29 Å². The molecule has 1 aromatic rings. The van der Waals surface area contributed by atoms with Crippen molar-refractivity contribution in [2.45, 2.75) is 50.3 Å². The molecule has 0 unspecified atom stereocenters. The van der Waals surface area contributed by atoms with Crippen LogP contribution in [0.25, 0.3) is 0 Å². The van der Waals surface area contributed by atoms with Crippen LogP contribution in [0.3, 0.4) is 0 Å². The van der Waals surface area contributed by atoms with Gasteiger partial charge in [0.25, 0.3) is 0 Å². The highest BCUT2D eigenvalue weighted by Gasteiger charge is 2.00. The molecule has 0 aromatic heterocycles. The van der Waals surface area contributed by atoms with E-state index in [9.17, 15) is 4.79 Å². The van der Waals surface area contributed by atoms with Gasteiger partial charge in [0, 0.05) is 4.90 Å². The fourth-order valence-corrected chi connectivity index (χ4v) is 2.75. The van der Waals surface area contributed by atoms with Crippen LogP contribution >= 0.6 is 11.8 Å². The number of aldehydes is 1. The van der Waals surface area contributed by atoms with Crippen molar-refractivity contribution in [1.29, 1.82) is 0 Å². The lowest BCUT2D eigenvalue weighted by Crippen LogP contribution is -1.83. The van der Waals surface area contributed by atoms with Crippen molar-refractivity contribution in [2.75, 3.05) is 0 Å². The number of benzene rings is 1. The molecule has 0 heterocycles. The molecule has 0 N–H and O–H groups in total. The summed E-state index contributed by atoms with van der Waals surface area (Å²) in [5.74, 6) is 0. The van der Waals surface area contributed by atoms with Gasteiger partial charge in [0.15, 0.2) is 0 Å². The Kier molecular flexibility index (Phi) is 8.32. The Morgan fingerprint density at radius 2 is 1.83 bits per heavy atom. The van der Waals surface area contributed by atoms with Gasteiger partial charge in [-0.3, -0.25) is 4.79 Å². The highest BCUT2D eigenvalue weighted by atomic mass is 32.2. The fraction of sp³-hybridized carbons (Fsp3) is 0.438. The zero-order valence-electron chi connectivity index (χ0n) is 11.1. The number of carbonyl (C=O) groups is 1. The molecule has 0 fully saturated rings. The summed E-state index contributed by atoms with van der Waals surface area (Å²) < 4.78 is 0. The van der Waals surface area contributed by atoms with E-state index < -0.39 is 0 Å². The van der Waals surface area contributed by atoms with Gasteiger partial charge < -0.3 is 0 Å². The molecule has 0 aliphatic carbocycles. The molecule has 0 aliphatic heterocycles. The summed E-state index contributed by atoms with van der Waals surface area (Å²) in [6.07, 6.45) is 9.96. The van der Waals surface area contributed by atoms with Crippen LogP contribution in [-0.2, 0) is 4.79 Å². The third-order valence-corrected chi connectivity index (χ3v) is 3.88. The minimum absolute atomic E-state index is 0.900.